The predicted molar refractivity (Wildman–Crippen MR) is 94.1 cm³/mol. The Morgan fingerprint density at radius 1 is 1.33 bits per heavy atom. The number of methoxy groups -OCH3 is 1. The number of rotatable bonds is 5. The summed E-state index contributed by atoms with van der Waals surface area (Å²) in [5.41, 5.74) is 4.27. The van der Waals surface area contributed by atoms with E-state index >= 15 is 0 Å². The quantitative estimate of drug-likeness (QED) is 0.830. The molecule has 1 fully saturated rings. The molecule has 2 aliphatic rings. The van der Waals surface area contributed by atoms with E-state index in [0.717, 1.165) is 56.3 Å². The lowest BCUT2D eigenvalue weighted by Crippen LogP contribution is -2.34. The third kappa shape index (κ3) is 3.44. The van der Waals surface area contributed by atoms with Gasteiger partial charge in [-0.05, 0) is 38.5 Å². The Bertz CT molecular complexity index is 609. The van der Waals surface area contributed by atoms with E-state index in [1.165, 1.54) is 5.57 Å². The molecule has 3 rings (SSSR count). The number of aromatic nitrogens is 3. The monoisotopic (exact) mass is 332 g/mol. The molecule has 132 valence electrons. The van der Waals surface area contributed by atoms with Crippen molar-refractivity contribution in [2.45, 2.75) is 26.7 Å². The minimum Gasteiger partial charge on any atom is -0.384 e. The lowest BCUT2D eigenvalue weighted by molar-refractivity contribution is 0.0143. The van der Waals surface area contributed by atoms with Crippen molar-refractivity contribution in [3.8, 4) is 0 Å². The van der Waals surface area contributed by atoms with Crippen molar-refractivity contribution in [3.63, 3.8) is 0 Å². The fourth-order valence-electron chi connectivity index (χ4n) is 4.00. The van der Waals surface area contributed by atoms with Gasteiger partial charge < -0.3 is 9.47 Å². The molecule has 0 N–H and O–H groups in total. The molecule has 2 aliphatic heterocycles. The third-order valence-corrected chi connectivity index (χ3v) is 5.34. The summed E-state index contributed by atoms with van der Waals surface area (Å²) < 4.78 is 13.0. The molecule has 2 unspecified atom stereocenters. The van der Waals surface area contributed by atoms with E-state index in [0.29, 0.717) is 17.8 Å². The van der Waals surface area contributed by atoms with E-state index in [2.05, 4.69) is 23.3 Å². The Balaban J connectivity index is 1.89. The van der Waals surface area contributed by atoms with E-state index < -0.39 is 0 Å². The Kier molecular flexibility index (Phi) is 5.46. The van der Waals surface area contributed by atoms with Gasteiger partial charge in [0.1, 0.15) is 0 Å². The first-order valence-corrected chi connectivity index (χ1v) is 8.78. The molecule has 0 spiro atoms. The van der Waals surface area contributed by atoms with E-state index in [4.69, 9.17) is 14.5 Å². The van der Waals surface area contributed by atoms with Crippen molar-refractivity contribution >= 4 is 11.3 Å². The molecule has 0 radical (unpaired) electrons. The highest BCUT2D eigenvalue weighted by atomic mass is 16.5. The average molecular weight is 332 g/mol. The van der Waals surface area contributed by atoms with Crippen molar-refractivity contribution in [1.29, 1.82) is 0 Å². The Morgan fingerprint density at radius 2 is 2.08 bits per heavy atom. The molecule has 0 amide bonds. The van der Waals surface area contributed by atoms with Crippen LogP contribution in [0.3, 0.4) is 0 Å². The second kappa shape index (κ2) is 7.57. The van der Waals surface area contributed by atoms with Gasteiger partial charge in [0.25, 0.3) is 0 Å². The number of aryl methyl sites for hydroxylation is 2. The highest BCUT2D eigenvalue weighted by Gasteiger charge is 2.32. The summed E-state index contributed by atoms with van der Waals surface area (Å²) in [4.78, 5) is 4.82. The molecule has 1 aromatic heterocycles. The Morgan fingerprint density at radius 3 is 2.71 bits per heavy atom. The van der Waals surface area contributed by atoms with Gasteiger partial charge in [0, 0.05) is 57.7 Å². The molecule has 24 heavy (non-hydrogen) atoms. The van der Waals surface area contributed by atoms with Crippen molar-refractivity contribution in [1.82, 2.24) is 15.0 Å². The van der Waals surface area contributed by atoms with Gasteiger partial charge in [-0.1, -0.05) is 11.3 Å². The molecular weight excluding hydrogens is 304 g/mol. The highest BCUT2D eigenvalue weighted by molar-refractivity contribution is 6.23. The molecule has 0 bridgehead atoms. The zero-order valence-electron chi connectivity index (χ0n) is 15.2. The zero-order chi connectivity index (χ0) is 17.1. The number of nitrogens with zero attached hydrogens (tertiary/aromatic N) is 4. The number of dihydropyridines is 1. The minimum atomic E-state index is 0.390. The summed E-state index contributed by atoms with van der Waals surface area (Å²) in [5.74, 6) is 1.51. The topological polar surface area (TPSA) is 61.5 Å². The van der Waals surface area contributed by atoms with Crippen molar-refractivity contribution < 1.29 is 9.47 Å². The summed E-state index contributed by atoms with van der Waals surface area (Å²) in [6, 6.07) is 0. The van der Waals surface area contributed by atoms with Gasteiger partial charge in [0.05, 0.1) is 11.4 Å². The molecular formula is C18H28N4O2. The minimum absolute atomic E-state index is 0.390. The second-order valence-corrected chi connectivity index (χ2v) is 6.89. The van der Waals surface area contributed by atoms with Crippen LogP contribution in [0.4, 0.5) is 0 Å². The van der Waals surface area contributed by atoms with Crippen LogP contribution in [0, 0.1) is 24.7 Å². The van der Waals surface area contributed by atoms with Crippen LogP contribution in [-0.2, 0) is 16.5 Å². The number of aliphatic imine (C=N–C) groups is 1. The molecule has 2 atom stereocenters. The maximum atomic E-state index is 5.56. The largest absolute Gasteiger partial charge is 0.384 e. The summed E-state index contributed by atoms with van der Waals surface area (Å²) in [6.07, 6.45) is 4.61. The summed E-state index contributed by atoms with van der Waals surface area (Å²) in [6.45, 7) is 7.42. The molecule has 3 heterocycles. The number of allylic oxidation sites excluding steroid dienone is 1. The maximum absolute atomic E-state index is 5.56. The maximum Gasteiger partial charge on any atom is 0.0926 e. The van der Waals surface area contributed by atoms with Crippen LogP contribution in [-0.4, -0.2) is 54.2 Å². The smallest absolute Gasteiger partial charge is 0.0926 e. The first kappa shape index (κ1) is 17.3. The summed E-state index contributed by atoms with van der Waals surface area (Å²) >= 11 is 0. The second-order valence-electron chi connectivity index (χ2n) is 6.89. The number of hydrogen-bond donors (Lipinski definition) is 0. The zero-order valence-corrected chi connectivity index (χ0v) is 15.2. The van der Waals surface area contributed by atoms with E-state index in [9.17, 15) is 0 Å². The van der Waals surface area contributed by atoms with Gasteiger partial charge in [-0.2, -0.15) is 0 Å². The molecule has 0 saturated carbocycles. The van der Waals surface area contributed by atoms with Gasteiger partial charge in [-0.25, -0.2) is 4.68 Å². The first-order valence-electron chi connectivity index (χ1n) is 8.78. The van der Waals surface area contributed by atoms with Gasteiger partial charge in [0.15, 0.2) is 0 Å². The van der Waals surface area contributed by atoms with Crippen LogP contribution in [0.5, 0.6) is 0 Å². The van der Waals surface area contributed by atoms with Gasteiger partial charge in [-0.3, -0.25) is 4.99 Å². The molecule has 1 saturated heterocycles. The van der Waals surface area contributed by atoms with Gasteiger partial charge in [-0.15, -0.1) is 5.10 Å². The lowest BCUT2D eigenvalue weighted by atomic mass is 9.76. The SMILES string of the molecule is COCC(C1C=C(c2c(C)nnn2C)C(C)=NC1)C1CCOCC1. The molecule has 6 nitrogen and oxygen atoms in total. The standard InChI is InChI=1S/C18H28N4O2/c1-12-16(18-13(2)20-21-22(18)3)9-15(10-19-12)17(11-23-4)14-5-7-24-8-6-14/h9,14-15,17H,5-8,10-11H2,1-4H3. The third-order valence-electron chi connectivity index (χ3n) is 5.34. The number of ether oxygens (including phenoxy) is 2. The molecule has 6 heteroatoms. The summed E-state index contributed by atoms with van der Waals surface area (Å²) in [5, 5.41) is 8.35. The Hall–Kier alpha value is -1.53. The van der Waals surface area contributed by atoms with Crippen molar-refractivity contribution in [2.24, 2.45) is 29.8 Å². The fraction of sp³-hybridized carbons (Fsp3) is 0.722. The number of hydrogen-bond acceptors (Lipinski definition) is 5. The van der Waals surface area contributed by atoms with Crippen molar-refractivity contribution in [2.75, 3.05) is 33.5 Å². The van der Waals surface area contributed by atoms with Gasteiger partial charge >= 0.3 is 0 Å². The van der Waals surface area contributed by atoms with Crippen molar-refractivity contribution in [3.05, 3.63) is 17.5 Å². The van der Waals surface area contributed by atoms with E-state index in [1.807, 2.05) is 18.7 Å². The van der Waals surface area contributed by atoms with Crippen LogP contribution in [0.1, 0.15) is 31.2 Å². The Labute approximate surface area is 143 Å². The van der Waals surface area contributed by atoms with Gasteiger partial charge in [0.2, 0.25) is 0 Å². The van der Waals surface area contributed by atoms with Crippen LogP contribution in [0.2, 0.25) is 0 Å². The molecule has 0 aliphatic carbocycles. The predicted octanol–water partition coefficient (Wildman–Crippen LogP) is 2.29. The summed E-state index contributed by atoms with van der Waals surface area (Å²) in [7, 11) is 3.74. The normalized spacial score (nSPS) is 23.8. The first-order chi connectivity index (χ1) is 11.6. The highest BCUT2D eigenvalue weighted by Crippen LogP contribution is 2.35. The van der Waals surface area contributed by atoms with Crippen LogP contribution in [0.15, 0.2) is 11.1 Å². The van der Waals surface area contributed by atoms with Crippen LogP contribution in [0.25, 0.3) is 5.57 Å². The molecule has 0 aromatic carbocycles. The van der Waals surface area contributed by atoms with Crippen LogP contribution < -0.4 is 0 Å². The van der Waals surface area contributed by atoms with E-state index in [-0.39, 0.29) is 0 Å². The molecule has 1 aromatic rings. The average Bonchev–Trinajstić information content (AvgIpc) is 2.93. The van der Waals surface area contributed by atoms with Crippen LogP contribution >= 0.6 is 0 Å². The lowest BCUT2D eigenvalue weighted by Gasteiger charge is -2.35. The van der Waals surface area contributed by atoms with E-state index in [1.54, 1.807) is 7.11 Å². The fourth-order valence-corrected chi connectivity index (χ4v) is 4.00.